The molecule has 2 aromatic rings. The summed E-state index contributed by atoms with van der Waals surface area (Å²) in [5.41, 5.74) is -0.304. The molecule has 0 unspecified atom stereocenters. The number of nitrogens with one attached hydrogen (secondary N) is 1. The van der Waals surface area contributed by atoms with Gasteiger partial charge in [0.15, 0.2) is 0 Å². The Bertz CT molecular complexity index is 817. The Labute approximate surface area is 128 Å². The molecule has 1 atom stereocenters. The van der Waals surface area contributed by atoms with Crippen LogP contribution in [0.2, 0.25) is 0 Å². The maximum Gasteiger partial charge on any atom is 0.332 e. The molecule has 1 aromatic carbocycles. The maximum atomic E-state index is 12.6. The van der Waals surface area contributed by atoms with Crippen LogP contribution in [-0.4, -0.2) is 21.1 Å². The number of para-hydroxylation sites is 1. The molecule has 0 aliphatic heterocycles. The largest absolute Gasteiger partial charge is 0.352 e. The molecule has 0 saturated heterocycles. The topological polar surface area (TPSA) is 73.1 Å². The predicted octanol–water partition coefficient (Wildman–Crippen LogP) is 1.27. The van der Waals surface area contributed by atoms with E-state index in [0.717, 1.165) is 4.57 Å². The summed E-state index contributed by atoms with van der Waals surface area (Å²) in [4.78, 5) is 37.2. The molecule has 0 aliphatic rings. The van der Waals surface area contributed by atoms with Crippen LogP contribution in [-0.2, 0) is 11.3 Å². The Hall–Kier alpha value is -2.37. The van der Waals surface area contributed by atoms with Crippen LogP contribution >= 0.6 is 0 Å². The van der Waals surface area contributed by atoms with Crippen LogP contribution in [0.25, 0.3) is 10.9 Å². The number of rotatable bonds is 4. The first kappa shape index (κ1) is 16.0. The summed E-state index contributed by atoms with van der Waals surface area (Å²) in [5, 5.41) is 3.24. The van der Waals surface area contributed by atoms with Gasteiger partial charge in [-0.25, -0.2) is 4.79 Å². The highest BCUT2D eigenvalue weighted by Gasteiger charge is 2.21. The Morgan fingerprint density at radius 3 is 2.41 bits per heavy atom. The van der Waals surface area contributed by atoms with E-state index in [2.05, 4.69) is 5.32 Å². The summed E-state index contributed by atoms with van der Waals surface area (Å²) in [6.45, 7) is 7.38. The molecule has 0 saturated carbocycles. The molecule has 6 heteroatoms. The summed E-state index contributed by atoms with van der Waals surface area (Å²) in [5.74, 6) is -0.247. The van der Waals surface area contributed by atoms with Crippen LogP contribution in [0.15, 0.2) is 33.9 Å². The Kier molecular flexibility index (Phi) is 4.49. The fourth-order valence-electron chi connectivity index (χ4n) is 2.51. The number of aromatic nitrogens is 2. The molecule has 0 fully saturated rings. The van der Waals surface area contributed by atoms with Crippen molar-refractivity contribution in [2.75, 3.05) is 0 Å². The average Bonchev–Trinajstić information content (AvgIpc) is 2.47. The van der Waals surface area contributed by atoms with Gasteiger partial charge in [-0.1, -0.05) is 12.1 Å². The quantitative estimate of drug-likeness (QED) is 0.924. The normalized spacial score (nSPS) is 12.6. The third kappa shape index (κ3) is 2.68. The second-order valence-corrected chi connectivity index (χ2v) is 5.56. The smallest absolute Gasteiger partial charge is 0.332 e. The van der Waals surface area contributed by atoms with E-state index in [1.807, 2.05) is 13.8 Å². The van der Waals surface area contributed by atoms with Gasteiger partial charge < -0.3 is 5.32 Å². The monoisotopic (exact) mass is 303 g/mol. The Morgan fingerprint density at radius 1 is 1.18 bits per heavy atom. The molecule has 2 rings (SSSR count). The first-order valence-corrected chi connectivity index (χ1v) is 7.43. The second kappa shape index (κ2) is 6.17. The number of fused-ring (bicyclic) bond motifs is 1. The fraction of sp³-hybridized carbons (Fsp3) is 0.438. The lowest BCUT2D eigenvalue weighted by Crippen LogP contribution is -2.45. The summed E-state index contributed by atoms with van der Waals surface area (Å²) in [7, 11) is 0. The van der Waals surface area contributed by atoms with Crippen molar-refractivity contribution in [2.24, 2.45) is 0 Å². The van der Waals surface area contributed by atoms with Crippen LogP contribution < -0.4 is 16.6 Å². The summed E-state index contributed by atoms with van der Waals surface area (Å²) >= 11 is 0. The van der Waals surface area contributed by atoms with Crippen molar-refractivity contribution in [1.29, 1.82) is 0 Å². The van der Waals surface area contributed by atoms with E-state index in [0.29, 0.717) is 10.9 Å². The third-order valence-electron chi connectivity index (χ3n) is 3.59. The van der Waals surface area contributed by atoms with Gasteiger partial charge in [0.1, 0.15) is 6.04 Å². The third-order valence-corrected chi connectivity index (χ3v) is 3.59. The minimum atomic E-state index is -0.696. The van der Waals surface area contributed by atoms with Gasteiger partial charge >= 0.3 is 5.69 Å². The molecule has 0 radical (unpaired) electrons. The summed E-state index contributed by atoms with van der Waals surface area (Å²) in [6, 6.07) is 6.15. The molecule has 118 valence electrons. The number of hydrogen-bond acceptors (Lipinski definition) is 3. The fourth-order valence-corrected chi connectivity index (χ4v) is 2.51. The van der Waals surface area contributed by atoms with E-state index in [-0.39, 0.29) is 24.1 Å². The molecular weight excluding hydrogens is 282 g/mol. The van der Waals surface area contributed by atoms with E-state index in [1.54, 1.807) is 38.1 Å². The molecule has 1 heterocycles. The van der Waals surface area contributed by atoms with E-state index >= 15 is 0 Å². The number of carbonyl (C=O) groups is 1. The van der Waals surface area contributed by atoms with E-state index in [4.69, 9.17) is 0 Å². The van der Waals surface area contributed by atoms with Crippen LogP contribution in [0.4, 0.5) is 0 Å². The maximum absolute atomic E-state index is 12.6. The van der Waals surface area contributed by atoms with E-state index in [9.17, 15) is 14.4 Å². The number of carbonyl (C=O) groups excluding carboxylic acids is 1. The molecular formula is C16H21N3O3. The lowest BCUT2D eigenvalue weighted by molar-refractivity contribution is -0.124. The van der Waals surface area contributed by atoms with Crippen molar-refractivity contribution in [3.63, 3.8) is 0 Å². The van der Waals surface area contributed by atoms with Gasteiger partial charge in [0.05, 0.1) is 10.9 Å². The Morgan fingerprint density at radius 2 is 1.82 bits per heavy atom. The van der Waals surface area contributed by atoms with Crippen molar-refractivity contribution < 1.29 is 4.79 Å². The predicted molar refractivity (Wildman–Crippen MR) is 86.1 cm³/mol. The summed E-state index contributed by atoms with van der Waals surface area (Å²) < 4.78 is 2.54. The number of amides is 1. The van der Waals surface area contributed by atoms with Crippen molar-refractivity contribution in [1.82, 2.24) is 14.5 Å². The van der Waals surface area contributed by atoms with Crippen LogP contribution in [0.3, 0.4) is 0 Å². The van der Waals surface area contributed by atoms with Gasteiger partial charge in [-0.3, -0.25) is 18.7 Å². The molecule has 0 bridgehead atoms. The van der Waals surface area contributed by atoms with Gasteiger partial charge in [-0.05, 0) is 39.8 Å². The average molecular weight is 303 g/mol. The zero-order valence-corrected chi connectivity index (χ0v) is 13.3. The first-order valence-electron chi connectivity index (χ1n) is 7.43. The van der Waals surface area contributed by atoms with Gasteiger partial charge in [-0.15, -0.1) is 0 Å². The highest BCUT2D eigenvalue weighted by Crippen LogP contribution is 2.13. The van der Waals surface area contributed by atoms with Crippen molar-refractivity contribution >= 4 is 16.8 Å². The molecule has 1 N–H and O–H groups in total. The zero-order valence-electron chi connectivity index (χ0n) is 13.3. The van der Waals surface area contributed by atoms with E-state index in [1.165, 1.54) is 4.57 Å². The minimum Gasteiger partial charge on any atom is -0.352 e. The van der Waals surface area contributed by atoms with Gasteiger partial charge in [0, 0.05) is 12.6 Å². The van der Waals surface area contributed by atoms with Crippen molar-refractivity contribution in [2.45, 2.75) is 46.3 Å². The standard InChI is InChI=1S/C16H21N3O3/c1-5-18-15(21)12-8-6-7-9-13(12)19(16(18)22)11(4)14(20)17-10(2)3/h6-11H,5H2,1-4H3,(H,17,20)/t11-/m1/s1. The zero-order chi connectivity index (χ0) is 16.4. The lowest BCUT2D eigenvalue weighted by Gasteiger charge is -2.20. The number of hydrogen-bond donors (Lipinski definition) is 1. The highest BCUT2D eigenvalue weighted by atomic mass is 16.2. The lowest BCUT2D eigenvalue weighted by atomic mass is 10.2. The molecule has 0 aliphatic carbocycles. The van der Waals surface area contributed by atoms with Gasteiger partial charge in [0.2, 0.25) is 5.91 Å². The van der Waals surface area contributed by atoms with E-state index < -0.39 is 11.7 Å². The van der Waals surface area contributed by atoms with Gasteiger partial charge in [-0.2, -0.15) is 0 Å². The molecule has 1 amide bonds. The SMILES string of the molecule is CCn1c(=O)c2ccccc2n([C@H](C)C(=O)NC(C)C)c1=O. The molecule has 0 spiro atoms. The van der Waals surface area contributed by atoms with Crippen molar-refractivity contribution in [3.05, 3.63) is 45.1 Å². The first-order chi connectivity index (χ1) is 10.4. The number of nitrogens with zero attached hydrogens (tertiary/aromatic N) is 2. The molecule has 1 aromatic heterocycles. The highest BCUT2D eigenvalue weighted by molar-refractivity contribution is 5.84. The Balaban J connectivity index is 2.75. The van der Waals surface area contributed by atoms with Gasteiger partial charge in [0.25, 0.3) is 5.56 Å². The van der Waals surface area contributed by atoms with Crippen LogP contribution in [0, 0.1) is 0 Å². The van der Waals surface area contributed by atoms with Crippen molar-refractivity contribution in [3.8, 4) is 0 Å². The van der Waals surface area contributed by atoms with Crippen LogP contribution in [0.5, 0.6) is 0 Å². The number of benzene rings is 1. The molecule has 22 heavy (non-hydrogen) atoms. The van der Waals surface area contributed by atoms with Crippen LogP contribution in [0.1, 0.15) is 33.7 Å². The summed E-state index contributed by atoms with van der Waals surface area (Å²) in [6.07, 6.45) is 0. The second-order valence-electron chi connectivity index (χ2n) is 5.56. The molecule has 6 nitrogen and oxygen atoms in total. The minimum absolute atomic E-state index is 0.0194.